The number of hydrogen-bond donors (Lipinski definition) is 1. The van der Waals surface area contributed by atoms with Gasteiger partial charge in [0.25, 0.3) is 5.91 Å². The van der Waals surface area contributed by atoms with Crippen molar-refractivity contribution in [1.82, 2.24) is 9.99 Å². The molecule has 0 spiro atoms. The third-order valence-corrected chi connectivity index (χ3v) is 4.04. The van der Waals surface area contributed by atoms with Crippen LogP contribution in [0.25, 0.3) is 11.1 Å². The van der Waals surface area contributed by atoms with Crippen LogP contribution in [0.3, 0.4) is 0 Å². The summed E-state index contributed by atoms with van der Waals surface area (Å²) in [6.45, 7) is 2.48. The number of carbonyl (C=O) groups excluding carboxylic acids is 1. The summed E-state index contributed by atoms with van der Waals surface area (Å²) in [7, 11) is 0. The predicted molar refractivity (Wildman–Crippen MR) is 101 cm³/mol. The van der Waals surface area contributed by atoms with Gasteiger partial charge in [0.2, 0.25) is 0 Å². The number of amides is 1. The Morgan fingerprint density at radius 2 is 1.85 bits per heavy atom. The third-order valence-electron chi connectivity index (χ3n) is 4.04. The van der Waals surface area contributed by atoms with Gasteiger partial charge in [-0.25, -0.2) is 10.2 Å². The van der Waals surface area contributed by atoms with Gasteiger partial charge in [-0.1, -0.05) is 30.3 Å². The highest BCUT2D eigenvalue weighted by atomic mass is 19.1. The third kappa shape index (κ3) is 4.48. The molecule has 0 radical (unpaired) electrons. The number of nitrogens with zero attached hydrogens (tertiary/aromatic N) is 2. The lowest BCUT2D eigenvalue weighted by molar-refractivity contribution is 0.0735. The molecule has 2 N–H and O–H groups in total. The second kappa shape index (κ2) is 8.42. The number of carbonyl (C=O) groups is 1. The van der Waals surface area contributed by atoms with Crippen LogP contribution in [-0.4, -0.2) is 22.5 Å². The van der Waals surface area contributed by atoms with Gasteiger partial charge in [-0.15, -0.1) is 0 Å². The average Bonchev–Trinajstić information content (AvgIpc) is 2.70. The zero-order chi connectivity index (χ0) is 19.2. The van der Waals surface area contributed by atoms with E-state index in [2.05, 4.69) is 4.98 Å². The molecule has 0 saturated carbocycles. The van der Waals surface area contributed by atoms with Crippen molar-refractivity contribution in [3.05, 3.63) is 83.9 Å². The van der Waals surface area contributed by atoms with Crippen molar-refractivity contribution in [2.45, 2.75) is 13.5 Å². The summed E-state index contributed by atoms with van der Waals surface area (Å²) in [5.41, 5.74) is 2.29. The zero-order valence-electron chi connectivity index (χ0n) is 14.9. The van der Waals surface area contributed by atoms with Crippen molar-refractivity contribution >= 4 is 5.91 Å². The Kier molecular flexibility index (Phi) is 5.78. The maximum atomic E-state index is 13.8. The first-order chi connectivity index (χ1) is 13.1. The molecule has 0 aliphatic heterocycles. The van der Waals surface area contributed by atoms with Gasteiger partial charge in [0.15, 0.2) is 0 Å². The Bertz CT molecular complexity index is 929. The molecular weight excluding hydrogens is 345 g/mol. The number of ether oxygens (including phenoxy) is 1. The Morgan fingerprint density at radius 3 is 2.56 bits per heavy atom. The highest BCUT2D eigenvalue weighted by molar-refractivity contribution is 5.93. The number of nitrogens with two attached hydrogens (primary N) is 1. The standard InChI is InChI=1S/C21H20FN3O2/c1-2-27-18-9-7-15(8-10-18)16-11-12-24-20(13-16)21(26)25(23)14-17-5-3-4-6-19(17)22/h3-13H,2,14,23H2,1H3. The number of hydrogen-bond acceptors (Lipinski definition) is 4. The lowest BCUT2D eigenvalue weighted by Gasteiger charge is -2.17. The summed E-state index contributed by atoms with van der Waals surface area (Å²) in [5, 5.41) is 0.961. The van der Waals surface area contributed by atoms with Crippen LogP contribution in [0, 0.1) is 5.82 Å². The van der Waals surface area contributed by atoms with Crippen LogP contribution in [-0.2, 0) is 6.54 Å². The van der Waals surface area contributed by atoms with Crippen LogP contribution >= 0.6 is 0 Å². The second-order valence-corrected chi connectivity index (χ2v) is 5.91. The van der Waals surface area contributed by atoms with Gasteiger partial charge in [0.1, 0.15) is 17.3 Å². The van der Waals surface area contributed by atoms with E-state index < -0.39 is 11.7 Å². The lowest BCUT2D eigenvalue weighted by Crippen LogP contribution is -2.37. The first kappa shape index (κ1) is 18.5. The molecule has 138 valence electrons. The van der Waals surface area contributed by atoms with Gasteiger partial charge in [-0.05, 0) is 48.4 Å². The second-order valence-electron chi connectivity index (χ2n) is 5.91. The highest BCUT2D eigenvalue weighted by Crippen LogP contribution is 2.23. The fourth-order valence-electron chi connectivity index (χ4n) is 2.67. The van der Waals surface area contributed by atoms with Gasteiger partial charge in [0.05, 0.1) is 13.2 Å². The Morgan fingerprint density at radius 1 is 1.11 bits per heavy atom. The van der Waals surface area contributed by atoms with E-state index in [0.29, 0.717) is 12.2 Å². The number of aromatic nitrogens is 1. The minimum Gasteiger partial charge on any atom is -0.494 e. The number of benzene rings is 2. The number of halogens is 1. The van der Waals surface area contributed by atoms with Gasteiger partial charge < -0.3 is 4.74 Å². The normalized spacial score (nSPS) is 10.5. The largest absolute Gasteiger partial charge is 0.494 e. The Hall–Kier alpha value is -3.25. The summed E-state index contributed by atoms with van der Waals surface area (Å²) < 4.78 is 19.2. The molecule has 3 aromatic rings. The number of pyridine rings is 1. The van der Waals surface area contributed by atoms with E-state index in [1.165, 1.54) is 6.07 Å². The summed E-state index contributed by atoms with van der Waals surface area (Å²) in [4.78, 5) is 16.7. The Labute approximate surface area is 157 Å². The average molecular weight is 365 g/mol. The van der Waals surface area contributed by atoms with Crippen molar-refractivity contribution in [3.8, 4) is 16.9 Å². The molecule has 1 amide bonds. The monoisotopic (exact) mass is 365 g/mol. The molecule has 1 heterocycles. The molecular formula is C21H20FN3O2. The highest BCUT2D eigenvalue weighted by Gasteiger charge is 2.16. The van der Waals surface area contributed by atoms with Crippen LogP contribution in [0.4, 0.5) is 4.39 Å². The molecule has 0 bridgehead atoms. The minimum atomic E-state index is -0.481. The lowest BCUT2D eigenvalue weighted by atomic mass is 10.1. The molecule has 0 saturated heterocycles. The van der Waals surface area contributed by atoms with E-state index in [-0.39, 0.29) is 12.2 Å². The van der Waals surface area contributed by atoms with Crippen LogP contribution in [0.1, 0.15) is 23.0 Å². The number of rotatable bonds is 6. The first-order valence-electron chi connectivity index (χ1n) is 8.57. The summed E-state index contributed by atoms with van der Waals surface area (Å²) in [6.07, 6.45) is 1.55. The van der Waals surface area contributed by atoms with E-state index in [1.807, 2.05) is 37.3 Å². The van der Waals surface area contributed by atoms with Crippen LogP contribution in [0.2, 0.25) is 0 Å². The smallest absolute Gasteiger partial charge is 0.286 e. The van der Waals surface area contributed by atoms with Gasteiger partial charge in [-0.2, -0.15) is 0 Å². The van der Waals surface area contributed by atoms with Crippen molar-refractivity contribution in [2.75, 3.05) is 6.61 Å². The molecule has 2 aromatic carbocycles. The van der Waals surface area contributed by atoms with E-state index in [1.54, 1.807) is 30.5 Å². The summed E-state index contributed by atoms with van der Waals surface area (Å²) >= 11 is 0. The van der Waals surface area contributed by atoms with E-state index in [9.17, 15) is 9.18 Å². The minimum absolute atomic E-state index is 0.0412. The summed E-state index contributed by atoms with van der Waals surface area (Å²) in [5.74, 6) is 5.75. The quantitative estimate of drug-likeness (QED) is 0.410. The Balaban J connectivity index is 1.78. The van der Waals surface area contributed by atoms with Crippen molar-refractivity contribution in [3.63, 3.8) is 0 Å². The van der Waals surface area contributed by atoms with Gasteiger partial charge in [-0.3, -0.25) is 14.8 Å². The SMILES string of the molecule is CCOc1ccc(-c2ccnc(C(=O)N(N)Cc3ccccc3F)c2)cc1. The molecule has 3 rings (SSSR count). The molecule has 0 unspecified atom stereocenters. The van der Waals surface area contributed by atoms with Crippen LogP contribution in [0.15, 0.2) is 66.9 Å². The topological polar surface area (TPSA) is 68.5 Å². The van der Waals surface area contributed by atoms with Gasteiger partial charge >= 0.3 is 0 Å². The fourth-order valence-corrected chi connectivity index (χ4v) is 2.67. The first-order valence-corrected chi connectivity index (χ1v) is 8.57. The van der Waals surface area contributed by atoms with Crippen molar-refractivity contribution in [1.29, 1.82) is 0 Å². The van der Waals surface area contributed by atoms with E-state index >= 15 is 0 Å². The molecule has 0 aliphatic rings. The molecule has 0 atom stereocenters. The fraction of sp³-hybridized carbons (Fsp3) is 0.143. The van der Waals surface area contributed by atoms with Gasteiger partial charge in [0, 0.05) is 11.8 Å². The molecule has 1 aromatic heterocycles. The van der Waals surface area contributed by atoms with Crippen molar-refractivity contribution < 1.29 is 13.9 Å². The number of hydrazine groups is 1. The van der Waals surface area contributed by atoms with E-state index in [4.69, 9.17) is 10.6 Å². The molecule has 5 nitrogen and oxygen atoms in total. The molecule has 6 heteroatoms. The molecule has 0 aliphatic carbocycles. The maximum absolute atomic E-state index is 13.8. The zero-order valence-corrected chi connectivity index (χ0v) is 14.9. The van der Waals surface area contributed by atoms with E-state index in [0.717, 1.165) is 21.9 Å². The molecule has 27 heavy (non-hydrogen) atoms. The summed E-state index contributed by atoms with van der Waals surface area (Å²) in [6, 6.07) is 17.2. The van der Waals surface area contributed by atoms with Crippen LogP contribution < -0.4 is 10.6 Å². The predicted octanol–water partition coefficient (Wildman–Crippen LogP) is 3.80. The van der Waals surface area contributed by atoms with Crippen molar-refractivity contribution in [2.24, 2.45) is 5.84 Å². The van der Waals surface area contributed by atoms with Crippen LogP contribution in [0.5, 0.6) is 5.75 Å². The molecule has 0 fully saturated rings. The maximum Gasteiger partial charge on any atom is 0.286 e.